The minimum Gasteiger partial charge on any atom is -0.302 e. The van der Waals surface area contributed by atoms with Crippen LogP contribution in [0.1, 0.15) is 37.3 Å². The highest BCUT2D eigenvalue weighted by molar-refractivity contribution is 5.41. The minimum atomic E-state index is 0.177. The molecule has 2 aromatic carbocycles. The molecule has 2 aromatic rings. The summed E-state index contributed by atoms with van der Waals surface area (Å²) in [5.74, 6) is 0. The van der Waals surface area contributed by atoms with Gasteiger partial charge >= 0.3 is 0 Å². The molecule has 3 rings (SSSR count). The molecular formula is C20H25N. The predicted molar refractivity (Wildman–Crippen MR) is 89.6 cm³/mol. The van der Waals surface area contributed by atoms with Crippen molar-refractivity contribution in [3.63, 3.8) is 0 Å². The van der Waals surface area contributed by atoms with Gasteiger partial charge in [0.1, 0.15) is 0 Å². The fraction of sp³-hybridized carbons (Fsp3) is 0.400. The lowest BCUT2D eigenvalue weighted by atomic mass is 9.74. The molecule has 0 spiro atoms. The number of rotatable bonds is 5. The van der Waals surface area contributed by atoms with Gasteiger partial charge in [-0.3, -0.25) is 0 Å². The molecule has 0 aromatic heterocycles. The highest BCUT2D eigenvalue weighted by Crippen LogP contribution is 2.40. The number of hydrogen-bond donors (Lipinski definition) is 0. The predicted octanol–water partition coefficient (Wildman–Crippen LogP) is 4.48. The average Bonchev–Trinajstić information content (AvgIpc) is 3.00. The van der Waals surface area contributed by atoms with Crippen molar-refractivity contribution in [1.82, 2.24) is 4.90 Å². The molecule has 21 heavy (non-hydrogen) atoms. The SMILES string of the molecule is CCCCN1CCC(c2ccccc2)(c2ccccc2)C1. The van der Waals surface area contributed by atoms with Crippen molar-refractivity contribution < 1.29 is 0 Å². The summed E-state index contributed by atoms with van der Waals surface area (Å²) in [6.45, 7) is 5.88. The molecule has 1 saturated heterocycles. The Balaban J connectivity index is 1.94. The first-order chi connectivity index (χ1) is 10.3. The highest BCUT2D eigenvalue weighted by atomic mass is 15.2. The van der Waals surface area contributed by atoms with Crippen molar-refractivity contribution in [2.45, 2.75) is 31.6 Å². The van der Waals surface area contributed by atoms with Gasteiger partial charge in [0.25, 0.3) is 0 Å². The van der Waals surface area contributed by atoms with E-state index >= 15 is 0 Å². The first-order valence-electron chi connectivity index (χ1n) is 8.18. The smallest absolute Gasteiger partial charge is 0.0341 e. The number of hydrogen-bond acceptors (Lipinski definition) is 1. The quantitative estimate of drug-likeness (QED) is 0.780. The van der Waals surface area contributed by atoms with Crippen LogP contribution >= 0.6 is 0 Å². The molecule has 1 heterocycles. The zero-order valence-corrected chi connectivity index (χ0v) is 13.0. The van der Waals surface area contributed by atoms with Gasteiger partial charge in [0.15, 0.2) is 0 Å². The molecule has 0 unspecified atom stereocenters. The first-order valence-corrected chi connectivity index (χ1v) is 8.18. The summed E-state index contributed by atoms with van der Waals surface area (Å²) in [4.78, 5) is 2.64. The summed E-state index contributed by atoms with van der Waals surface area (Å²) in [6.07, 6.45) is 3.81. The van der Waals surface area contributed by atoms with Gasteiger partial charge in [-0.2, -0.15) is 0 Å². The Labute approximate surface area is 128 Å². The van der Waals surface area contributed by atoms with E-state index < -0.39 is 0 Å². The summed E-state index contributed by atoms with van der Waals surface area (Å²) < 4.78 is 0. The van der Waals surface area contributed by atoms with E-state index in [2.05, 4.69) is 72.5 Å². The Morgan fingerprint density at radius 2 is 1.48 bits per heavy atom. The van der Waals surface area contributed by atoms with Gasteiger partial charge in [-0.05, 0) is 37.1 Å². The molecule has 1 aliphatic heterocycles. The molecule has 0 N–H and O–H groups in total. The van der Waals surface area contributed by atoms with Crippen LogP contribution in [0, 0.1) is 0 Å². The molecule has 0 aliphatic carbocycles. The second-order valence-electron chi connectivity index (χ2n) is 6.19. The first kappa shape index (κ1) is 14.3. The van der Waals surface area contributed by atoms with Crippen molar-refractivity contribution in [1.29, 1.82) is 0 Å². The van der Waals surface area contributed by atoms with E-state index in [1.807, 2.05) is 0 Å². The maximum Gasteiger partial charge on any atom is 0.0341 e. The minimum absolute atomic E-state index is 0.177. The molecule has 0 atom stereocenters. The third-order valence-electron chi connectivity index (χ3n) is 4.83. The van der Waals surface area contributed by atoms with Crippen LogP contribution in [-0.4, -0.2) is 24.5 Å². The number of benzene rings is 2. The molecule has 110 valence electrons. The lowest BCUT2D eigenvalue weighted by Crippen LogP contribution is -2.32. The number of nitrogens with zero attached hydrogens (tertiary/aromatic N) is 1. The van der Waals surface area contributed by atoms with Crippen molar-refractivity contribution >= 4 is 0 Å². The molecule has 0 bridgehead atoms. The van der Waals surface area contributed by atoms with Crippen molar-refractivity contribution in [3.05, 3.63) is 71.8 Å². The van der Waals surface area contributed by atoms with Crippen molar-refractivity contribution in [3.8, 4) is 0 Å². The number of likely N-dealkylation sites (tertiary alicyclic amines) is 1. The topological polar surface area (TPSA) is 3.24 Å². The van der Waals surface area contributed by atoms with Gasteiger partial charge in [0.05, 0.1) is 0 Å². The monoisotopic (exact) mass is 279 g/mol. The van der Waals surface area contributed by atoms with Crippen molar-refractivity contribution in [2.75, 3.05) is 19.6 Å². The highest BCUT2D eigenvalue weighted by Gasteiger charge is 2.40. The lowest BCUT2D eigenvalue weighted by Gasteiger charge is -2.31. The fourth-order valence-corrected chi connectivity index (χ4v) is 3.61. The zero-order valence-electron chi connectivity index (χ0n) is 13.0. The van der Waals surface area contributed by atoms with Crippen LogP contribution in [0.4, 0.5) is 0 Å². The number of unbranched alkanes of at least 4 members (excludes halogenated alkanes) is 1. The van der Waals surface area contributed by atoms with Crippen LogP contribution in [0.15, 0.2) is 60.7 Å². The summed E-state index contributed by atoms with van der Waals surface area (Å²) in [5, 5.41) is 0. The van der Waals surface area contributed by atoms with Gasteiger partial charge in [0, 0.05) is 12.0 Å². The Morgan fingerprint density at radius 3 is 2.00 bits per heavy atom. The largest absolute Gasteiger partial charge is 0.302 e. The molecule has 1 nitrogen and oxygen atoms in total. The van der Waals surface area contributed by atoms with E-state index in [4.69, 9.17) is 0 Å². The second kappa shape index (κ2) is 6.44. The molecule has 1 fully saturated rings. The molecule has 1 aliphatic rings. The van der Waals surface area contributed by atoms with Gasteiger partial charge in [0.2, 0.25) is 0 Å². The second-order valence-corrected chi connectivity index (χ2v) is 6.19. The molecular weight excluding hydrogens is 254 g/mol. The van der Waals surface area contributed by atoms with Gasteiger partial charge in [-0.1, -0.05) is 74.0 Å². The van der Waals surface area contributed by atoms with Crippen LogP contribution in [0.25, 0.3) is 0 Å². The van der Waals surface area contributed by atoms with Crippen LogP contribution in [0.2, 0.25) is 0 Å². The average molecular weight is 279 g/mol. The normalized spacial score (nSPS) is 18.0. The fourth-order valence-electron chi connectivity index (χ4n) is 3.61. The van der Waals surface area contributed by atoms with Gasteiger partial charge < -0.3 is 4.90 Å². The van der Waals surface area contributed by atoms with E-state index in [1.54, 1.807) is 0 Å². The van der Waals surface area contributed by atoms with Crippen LogP contribution in [0.3, 0.4) is 0 Å². The third-order valence-corrected chi connectivity index (χ3v) is 4.83. The van der Waals surface area contributed by atoms with Crippen LogP contribution < -0.4 is 0 Å². The van der Waals surface area contributed by atoms with Gasteiger partial charge in [-0.25, -0.2) is 0 Å². The van der Waals surface area contributed by atoms with E-state index in [0.29, 0.717) is 0 Å². The van der Waals surface area contributed by atoms with E-state index in [9.17, 15) is 0 Å². The molecule has 0 saturated carbocycles. The summed E-state index contributed by atoms with van der Waals surface area (Å²) in [7, 11) is 0. The molecule has 0 radical (unpaired) electrons. The summed E-state index contributed by atoms with van der Waals surface area (Å²) in [6, 6.07) is 22.1. The standard InChI is InChI=1S/C20H25N/c1-2-3-15-21-16-14-20(17-21,18-10-6-4-7-11-18)19-12-8-5-9-13-19/h4-13H,2-3,14-17H2,1H3. The van der Waals surface area contributed by atoms with E-state index in [0.717, 1.165) is 6.54 Å². The zero-order chi connectivity index (χ0) is 14.5. The van der Waals surface area contributed by atoms with Gasteiger partial charge in [-0.15, -0.1) is 0 Å². The summed E-state index contributed by atoms with van der Waals surface area (Å²) in [5.41, 5.74) is 3.11. The maximum absolute atomic E-state index is 2.64. The Kier molecular flexibility index (Phi) is 4.40. The van der Waals surface area contributed by atoms with E-state index in [-0.39, 0.29) is 5.41 Å². The van der Waals surface area contributed by atoms with Crippen molar-refractivity contribution in [2.24, 2.45) is 0 Å². The Bertz CT molecular complexity index is 507. The maximum atomic E-state index is 2.64. The van der Waals surface area contributed by atoms with Crippen LogP contribution in [0.5, 0.6) is 0 Å². The van der Waals surface area contributed by atoms with Crippen LogP contribution in [-0.2, 0) is 5.41 Å². The Morgan fingerprint density at radius 1 is 0.905 bits per heavy atom. The Hall–Kier alpha value is -1.60. The molecule has 1 heteroatoms. The molecule has 0 amide bonds. The van der Waals surface area contributed by atoms with E-state index in [1.165, 1.54) is 43.5 Å². The third kappa shape index (κ3) is 2.89. The summed E-state index contributed by atoms with van der Waals surface area (Å²) >= 11 is 0. The lowest BCUT2D eigenvalue weighted by molar-refractivity contribution is 0.316.